The van der Waals surface area contributed by atoms with Crippen molar-refractivity contribution in [1.82, 2.24) is 0 Å². The first-order chi connectivity index (χ1) is 16.2. The van der Waals surface area contributed by atoms with E-state index in [1.165, 1.54) is 22.3 Å². The summed E-state index contributed by atoms with van der Waals surface area (Å²) >= 11 is 0. The maximum Gasteiger partial charge on any atom is 0.0831 e. The molecule has 3 heteroatoms. The Labute approximate surface area is 195 Å². The molecular formula is C30H27N3. The Hall–Kier alpha value is -3.98. The first-order valence-corrected chi connectivity index (χ1v) is 11.4. The van der Waals surface area contributed by atoms with Gasteiger partial charge in [0.15, 0.2) is 0 Å². The van der Waals surface area contributed by atoms with Crippen LogP contribution in [0, 0.1) is 13.8 Å². The van der Waals surface area contributed by atoms with Gasteiger partial charge in [-0.3, -0.25) is 10.0 Å². The lowest BCUT2D eigenvalue weighted by Crippen LogP contribution is -2.18. The van der Waals surface area contributed by atoms with Crippen LogP contribution in [0.3, 0.4) is 0 Å². The molecule has 1 aliphatic heterocycles. The normalized spacial score (nSPS) is 15.8. The molecule has 33 heavy (non-hydrogen) atoms. The fourth-order valence-electron chi connectivity index (χ4n) is 4.17. The van der Waals surface area contributed by atoms with Crippen molar-refractivity contribution in [3.8, 4) is 0 Å². The Balaban J connectivity index is 1.44. The van der Waals surface area contributed by atoms with Crippen LogP contribution < -0.4 is 5.01 Å². The Morgan fingerprint density at radius 2 is 1.48 bits per heavy atom. The molecule has 0 spiro atoms. The van der Waals surface area contributed by atoms with E-state index >= 15 is 0 Å². The van der Waals surface area contributed by atoms with E-state index in [9.17, 15) is 0 Å². The number of rotatable bonds is 5. The summed E-state index contributed by atoms with van der Waals surface area (Å²) in [5.41, 5.74) is 9.16. The maximum atomic E-state index is 5.07. The van der Waals surface area contributed by atoms with Crippen LogP contribution in [-0.4, -0.2) is 11.9 Å². The Morgan fingerprint density at radius 1 is 0.788 bits per heavy atom. The number of anilines is 1. The summed E-state index contributed by atoms with van der Waals surface area (Å²) in [7, 11) is 0. The largest absolute Gasteiger partial charge is 0.257 e. The van der Waals surface area contributed by atoms with Gasteiger partial charge in [-0.2, -0.15) is 5.10 Å². The Bertz CT molecular complexity index is 1290. The van der Waals surface area contributed by atoms with Crippen molar-refractivity contribution < 1.29 is 0 Å². The zero-order chi connectivity index (χ0) is 22.6. The smallest absolute Gasteiger partial charge is 0.0831 e. The third kappa shape index (κ3) is 4.63. The minimum absolute atomic E-state index is 0.175. The number of para-hydroxylation sites is 1. The van der Waals surface area contributed by atoms with Crippen LogP contribution in [0.15, 0.2) is 113 Å². The van der Waals surface area contributed by atoms with Crippen molar-refractivity contribution in [3.63, 3.8) is 0 Å². The van der Waals surface area contributed by atoms with Crippen LogP contribution in [0.4, 0.5) is 11.4 Å². The van der Waals surface area contributed by atoms with E-state index in [0.29, 0.717) is 0 Å². The molecule has 1 heterocycles. The molecule has 0 fully saturated rings. The molecule has 1 atom stereocenters. The van der Waals surface area contributed by atoms with E-state index < -0.39 is 0 Å². The second kappa shape index (κ2) is 9.25. The zero-order valence-electron chi connectivity index (χ0n) is 19.0. The average Bonchev–Trinajstić information content (AvgIpc) is 3.30. The van der Waals surface area contributed by atoms with Gasteiger partial charge in [0.05, 0.1) is 23.1 Å². The third-order valence-corrected chi connectivity index (χ3v) is 6.11. The fourth-order valence-corrected chi connectivity index (χ4v) is 4.17. The van der Waals surface area contributed by atoms with Gasteiger partial charge >= 0.3 is 0 Å². The molecule has 0 aliphatic carbocycles. The molecule has 1 aliphatic rings. The minimum Gasteiger partial charge on any atom is -0.257 e. The highest BCUT2D eigenvalue weighted by atomic mass is 15.5. The van der Waals surface area contributed by atoms with Crippen molar-refractivity contribution in [3.05, 3.63) is 131 Å². The topological polar surface area (TPSA) is 28.0 Å². The summed E-state index contributed by atoms with van der Waals surface area (Å²) in [4.78, 5) is 4.66. The zero-order valence-corrected chi connectivity index (χ0v) is 19.0. The minimum atomic E-state index is 0.175. The first kappa shape index (κ1) is 20.9. The lowest BCUT2D eigenvalue weighted by molar-refractivity contribution is 0.709. The highest BCUT2D eigenvalue weighted by Gasteiger charge is 2.29. The number of benzene rings is 4. The molecule has 0 aromatic heterocycles. The summed E-state index contributed by atoms with van der Waals surface area (Å²) in [6, 6.07) is 36.1. The van der Waals surface area contributed by atoms with Crippen LogP contribution in [0.5, 0.6) is 0 Å². The number of hydrogen-bond donors (Lipinski definition) is 0. The third-order valence-electron chi connectivity index (χ3n) is 6.11. The van der Waals surface area contributed by atoms with Crippen LogP contribution in [0.25, 0.3) is 0 Å². The average molecular weight is 430 g/mol. The molecule has 4 aromatic rings. The van der Waals surface area contributed by atoms with E-state index in [4.69, 9.17) is 5.10 Å². The van der Waals surface area contributed by atoms with Gasteiger partial charge in [0.25, 0.3) is 0 Å². The van der Waals surface area contributed by atoms with Crippen molar-refractivity contribution in [2.45, 2.75) is 26.3 Å². The molecule has 0 saturated heterocycles. The van der Waals surface area contributed by atoms with E-state index in [0.717, 1.165) is 29.1 Å². The number of hydrazone groups is 1. The molecule has 0 bridgehead atoms. The highest BCUT2D eigenvalue weighted by molar-refractivity contribution is 6.03. The van der Waals surface area contributed by atoms with E-state index in [-0.39, 0.29) is 6.04 Å². The van der Waals surface area contributed by atoms with Crippen LogP contribution in [0.2, 0.25) is 0 Å². The molecule has 162 valence electrons. The van der Waals surface area contributed by atoms with Crippen molar-refractivity contribution in [2.75, 3.05) is 5.01 Å². The van der Waals surface area contributed by atoms with Gasteiger partial charge in [-0.05, 0) is 54.3 Å². The summed E-state index contributed by atoms with van der Waals surface area (Å²) in [6.07, 6.45) is 2.80. The van der Waals surface area contributed by atoms with Gasteiger partial charge < -0.3 is 0 Å². The van der Waals surface area contributed by atoms with Gasteiger partial charge in [-0.15, -0.1) is 0 Å². The summed E-state index contributed by atoms with van der Waals surface area (Å²) in [5, 5.41) is 7.23. The maximum absolute atomic E-state index is 5.07. The van der Waals surface area contributed by atoms with Gasteiger partial charge in [0, 0.05) is 12.6 Å². The quantitative estimate of drug-likeness (QED) is 0.304. The van der Waals surface area contributed by atoms with Gasteiger partial charge in [-0.1, -0.05) is 90.5 Å². The SMILES string of the molecule is Cc1ccc(C2=NN(c3ccc(C=Nc4ccccc4C)cc3)C(c3ccccc3)C2)cc1. The Kier molecular flexibility index (Phi) is 5.86. The van der Waals surface area contributed by atoms with Crippen LogP contribution in [0.1, 0.15) is 40.3 Å². The number of aryl methyl sites for hydroxylation is 2. The number of aliphatic imine (C=N–C) groups is 1. The van der Waals surface area contributed by atoms with Crippen molar-refractivity contribution in [2.24, 2.45) is 10.1 Å². The molecule has 4 aromatic carbocycles. The summed E-state index contributed by atoms with van der Waals surface area (Å²) in [6.45, 7) is 4.19. The van der Waals surface area contributed by atoms with E-state index in [1.54, 1.807) is 0 Å². The Morgan fingerprint density at radius 3 is 2.21 bits per heavy atom. The van der Waals surface area contributed by atoms with Crippen LogP contribution in [-0.2, 0) is 0 Å². The monoisotopic (exact) mass is 429 g/mol. The van der Waals surface area contributed by atoms with E-state index in [2.05, 4.69) is 109 Å². The van der Waals surface area contributed by atoms with Crippen molar-refractivity contribution in [1.29, 1.82) is 0 Å². The van der Waals surface area contributed by atoms with Gasteiger partial charge in [0.2, 0.25) is 0 Å². The van der Waals surface area contributed by atoms with Gasteiger partial charge in [-0.25, -0.2) is 0 Å². The van der Waals surface area contributed by atoms with Crippen LogP contribution >= 0.6 is 0 Å². The molecule has 0 N–H and O–H groups in total. The standard InChI is InChI=1S/C30H27N3/c1-22-12-16-25(17-13-22)29-20-30(26-9-4-3-5-10-26)33(32-29)27-18-14-24(15-19-27)21-31-28-11-7-6-8-23(28)2/h3-19,21,30H,20H2,1-2H3. The highest BCUT2D eigenvalue weighted by Crippen LogP contribution is 2.36. The van der Waals surface area contributed by atoms with Gasteiger partial charge in [0.1, 0.15) is 0 Å². The predicted octanol–water partition coefficient (Wildman–Crippen LogP) is 7.41. The lowest BCUT2D eigenvalue weighted by Gasteiger charge is -2.24. The molecule has 0 amide bonds. The summed E-state index contributed by atoms with van der Waals surface area (Å²) < 4.78 is 0. The molecule has 3 nitrogen and oxygen atoms in total. The number of nitrogens with zero attached hydrogens (tertiary/aromatic N) is 3. The van der Waals surface area contributed by atoms with Crippen molar-refractivity contribution >= 4 is 23.3 Å². The second-order valence-electron chi connectivity index (χ2n) is 8.52. The fraction of sp³-hybridized carbons (Fsp3) is 0.133. The molecular weight excluding hydrogens is 402 g/mol. The second-order valence-corrected chi connectivity index (χ2v) is 8.52. The molecule has 0 radical (unpaired) electrons. The molecule has 0 saturated carbocycles. The lowest BCUT2D eigenvalue weighted by atomic mass is 9.98. The van der Waals surface area contributed by atoms with E-state index in [1.807, 2.05) is 24.4 Å². The predicted molar refractivity (Wildman–Crippen MR) is 139 cm³/mol. The first-order valence-electron chi connectivity index (χ1n) is 11.4. The molecule has 1 unspecified atom stereocenters. The number of hydrogen-bond acceptors (Lipinski definition) is 3. The molecule has 5 rings (SSSR count). The summed E-state index contributed by atoms with van der Waals surface area (Å²) in [5.74, 6) is 0.